The van der Waals surface area contributed by atoms with Gasteiger partial charge in [0.1, 0.15) is 24.7 Å². The fraction of sp³-hybridized carbons (Fsp3) is 0.522. The maximum atomic E-state index is 5.94. The molecule has 0 unspecified atom stereocenters. The lowest BCUT2D eigenvalue weighted by atomic mass is 10.2. The summed E-state index contributed by atoms with van der Waals surface area (Å²) < 4.78 is 22.1. The molecule has 0 amide bonds. The number of nitrogens with zero attached hydrogens (tertiary/aromatic N) is 2. The van der Waals surface area contributed by atoms with Crippen LogP contribution in [0.25, 0.3) is 0 Å². The van der Waals surface area contributed by atoms with Crippen LogP contribution in [0.15, 0.2) is 52.1 Å². The molecule has 0 spiro atoms. The Kier molecular flexibility index (Phi) is 10.2. The SMILES string of the molecule is CN=C(NCCCOCc1ccco1)NCc1cccc(OCCN2CCOCC2)c1. The second-order valence-corrected chi connectivity index (χ2v) is 7.29. The molecular formula is C23H34N4O4. The zero-order valence-corrected chi connectivity index (χ0v) is 18.3. The number of furan rings is 1. The third-order valence-electron chi connectivity index (χ3n) is 4.94. The van der Waals surface area contributed by atoms with Crippen LogP contribution < -0.4 is 15.4 Å². The lowest BCUT2D eigenvalue weighted by molar-refractivity contribution is 0.0322. The predicted molar refractivity (Wildman–Crippen MR) is 120 cm³/mol. The Labute approximate surface area is 184 Å². The summed E-state index contributed by atoms with van der Waals surface area (Å²) in [4.78, 5) is 6.64. The molecule has 0 saturated carbocycles. The largest absolute Gasteiger partial charge is 0.492 e. The predicted octanol–water partition coefficient (Wildman–Crippen LogP) is 2.26. The summed E-state index contributed by atoms with van der Waals surface area (Å²) in [5, 5.41) is 6.65. The van der Waals surface area contributed by atoms with E-state index in [9.17, 15) is 0 Å². The molecular weight excluding hydrogens is 396 g/mol. The van der Waals surface area contributed by atoms with Crippen molar-refractivity contribution in [2.45, 2.75) is 19.6 Å². The summed E-state index contributed by atoms with van der Waals surface area (Å²) in [6.45, 7) is 7.82. The standard InChI is InChI=1S/C23H34N4O4/c1-24-23(25-8-4-12-29-19-22-7-3-13-30-22)26-18-20-5-2-6-21(17-20)31-16-11-27-9-14-28-15-10-27/h2-3,5-7,13,17H,4,8-12,14-16,18-19H2,1H3,(H2,24,25,26). The van der Waals surface area contributed by atoms with E-state index in [1.54, 1.807) is 13.3 Å². The first-order valence-corrected chi connectivity index (χ1v) is 10.9. The van der Waals surface area contributed by atoms with E-state index >= 15 is 0 Å². The first kappa shape index (κ1) is 23.1. The topological polar surface area (TPSA) is 80.5 Å². The second-order valence-electron chi connectivity index (χ2n) is 7.29. The molecule has 0 radical (unpaired) electrons. The van der Waals surface area contributed by atoms with Crippen molar-refractivity contribution < 1.29 is 18.6 Å². The van der Waals surface area contributed by atoms with Crippen molar-refractivity contribution in [3.05, 3.63) is 54.0 Å². The third-order valence-corrected chi connectivity index (χ3v) is 4.94. The lowest BCUT2D eigenvalue weighted by Gasteiger charge is -2.26. The molecule has 2 N–H and O–H groups in total. The molecule has 2 aromatic rings. The van der Waals surface area contributed by atoms with Gasteiger partial charge in [0.05, 0.1) is 19.5 Å². The number of benzene rings is 1. The summed E-state index contributed by atoms with van der Waals surface area (Å²) in [5.74, 6) is 2.51. The minimum atomic E-state index is 0.505. The number of ether oxygens (including phenoxy) is 3. The molecule has 0 aliphatic carbocycles. The molecule has 8 heteroatoms. The number of rotatable bonds is 12. The van der Waals surface area contributed by atoms with E-state index in [1.807, 2.05) is 24.3 Å². The Hall–Kier alpha value is -2.55. The summed E-state index contributed by atoms with van der Waals surface area (Å²) in [6.07, 6.45) is 2.54. The molecule has 1 aliphatic rings. The summed E-state index contributed by atoms with van der Waals surface area (Å²) in [7, 11) is 1.77. The van der Waals surface area contributed by atoms with Crippen molar-refractivity contribution in [3.63, 3.8) is 0 Å². The second kappa shape index (κ2) is 13.7. The van der Waals surface area contributed by atoms with E-state index in [4.69, 9.17) is 18.6 Å². The zero-order chi connectivity index (χ0) is 21.6. The molecule has 1 aliphatic heterocycles. The zero-order valence-electron chi connectivity index (χ0n) is 18.3. The van der Waals surface area contributed by atoms with E-state index in [0.29, 0.717) is 26.4 Å². The molecule has 1 saturated heterocycles. The minimum Gasteiger partial charge on any atom is -0.492 e. The highest BCUT2D eigenvalue weighted by molar-refractivity contribution is 5.79. The van der Waals surface area contributed by atoms with Crippen molar-refractivity contribution in [2.24, 2.45) is 4.99 Å². The Balaban J connectivity index is 1.29. The fourth-order valence-electron chi connectivity index (χ4n) is 3.22. The van der Waals surface area contributed by atoms with E-state index in [-0.39, 0.29) is 0 Å². The van der Waals surface area contributed by atoms with Gasteiger partial charge in [0, 0.05) is 46.4 Å². The van der Waals surface area contributed by atoms with Gasteiger partial charge in [-0.3, -0.25) is 9.89 Å². The summed E-state index contributed by atoms with van der Waals surface area (Å²) >= 11 is 0. The Morgan fingerprint density at radius 1 is 1.13 bits per heavy atom. The van der Waals surface area contributed by atoms with Gasteiger partial charge < -0.3 is 29.3 Å². The molecule has 0 bridgehead atoms. The van der Waals surface area contributed by atoms with E-state index in [2.05, 4.69) is 32.7 Å². The van der Waals surface area contributed by atoms with Crippen molar-refractivity contribution >= 4 is 5.96 Å². The number of hydrogen-bond acceptors (Lipinski definition) is 6. The summed E-state index contributed by atoms with van der Waals surface area (Å²) in [5.41, 5.74) is 1.15. The van der Waals surface area contributed by atoms with Gasteiger partial charge in [-0.15, -0.1) is 0 Å². The molecule has 0 atom stereocenters. The molecule has 170 valence electrons. The number of guanidine groups is 1. The van der Waals surface area contributed by atoms with Crippen LogP contribution >= 0.6 is 0 Å². The maximum absolute atomic E-state index is 5.94. The Bertz CT molecular complexity index is 761. The molecule has 1 aromatic carbocycles. The fourth-order valence-corrected chi connectivity index (χ4v) is 3.22. The quantitative estimate of drug-likeness (QED) is 0.304. The highest BCUT2D eigenvalue weighted by Gasteiger charge is 2.09. The highest BCUT2D eigenvalue weighted by Crippen LogP contribution is 2.13. The van der Waals surface area contributed by atoms with Crippen molar-refractivity contribution in [3.8, 4) is 5.75 Å². The van der Waals surface area contributed by atoms with Crippen LogP contribution in [-0.2, 0) is 22.6 Å². The van der Waals surface area contributed by atoms with E-state index < -0.39 is 0 Å². The number of hydrogen-bond donors (Lipinski definition) is 2. The molecule has 2 heterocycles. The van der Waals surface area contributed by atoms with Gasteiger partial charge in [0.15, 0.2) is 5.96 Å². The molecule has 8 nitrogen and oxygen atoms in total. The van der Waals surface area contributed by atoms with Gasteiger partial charge >= 0.3 is 0 Å². The average Bonchev–Trinajstić information content (AvgIpc) is 3.33. The van der Waals surface area contributed by atoms with Gasteiger partial charge in [-0.1, -0.05) is 12.1 Å². The van der Waals surface area contributed by atoms with Crippen LogP contribution in [0.1, 0.15) is 17.7 Å². The van der Waals surface area contributed by atoms with E-state index in [1.165, 1.54) is 0 Å². The van der Waals surface area contributed by atoms with E-state index in [0.717, 1.165) is 68.8 Å². The maximum Gasteiger partial charge on any atom is 0.191 e. The van der Waals surface area contributed by atoms with Crippen LogP contribution in [0.4, 0.5) is 0 Å². The van der Waals surface area contributed by atoms with Crippen LogP contribution in [0, 0.1) is 0 Å². The first-order valence-electron chi connectivity index (χ1n) is 10.9. The van der Waals surface area contributed by atoms with Crippen LogP contribution in [-0.4, -0.2) is 70.5 Å². The van der Waals surface area contributed by atoms with Gasteiger partial charge in [-0.05, 0) is 36.2 Å². The Morgan fingerprint density at radius 3 is 2.84 bits per heavy atom. The van der Waals surface area contributed by atoms with Crippen LogP contribution in [0.3, 0.4) is 0 Å². The van der Waals surface area contributed by atoms with Gasteiger partial charge in [0.25, 0.3) is 0 Å². The molecule has 1 fully saturated rings. The van der Waals surface area contributed by atoms with Crippen molar-refractivity contribution in [1.82, 2.24) is 15.5 Å². The van der Waals surface area contributed by atoms with Crippen molar-refractivity contribution in [1.29, 1.82) is 0 Å². The number of aliphatic imine (C=N–C) groups is 1. The molecule has 1 aromatic heterocycles. The van der Waals surface area contributed by atoms with Gasteiger partial charge in [0.2, 0.25) is 0 Å². The van der Waals surface area contributed by atoms with Crippen LogP contribution in [0.2, 0.25) is 0 Å². The van der Waals surface area contributed by atoms with Crippen LogP contribution in [0.5, 0.6) is 5.75 Å². The summed E-state index contributed by atoms with van der Waals surface area (Å²) in [6, 6.07) is 11.9. The first-order chi connectivity index (χ1) is 15.3. The van der Waals surface area contributed by atoms with Gasteiger partial charge in [-0.25, -0.2) is 0 Å². The lowest BCUT2D eigenvalue weighted by Crippen LogP contribution is -2.38. The van der Waals surface area contributed by atoms with Crippen molar-refractivity contribution in [2.75, 3.05) is 59.7 Å². The Morgan fingerprint density at radius 2 is 2.03 bits per heavy atom. The monoisotopic (exact) mass is 430 g/mol. The highest BCUT2D eigenvalue weighted by atomic mass is 16.5. The smallest absolute Gasteiger partial charge is 0.191 e. The molecule has 31 heavy (non-hydrogen) atoms. The minimum absolute atomic E-state index is 0.505. The normalized spacial score (nSPS) is 15.1. The third kappa shape index (κ3) is 9.00. The average molecular weight is 431 g/mol. The molecule has 3 rings (SSSR count). The number of nitrogens with one attached hydrogen (secondary N) is 2. The number of morpholine rings is 1. The van der Waals surface area contributed by atoms with Gasteiger partial charge in [-0.2, -0.15) is 0 Å².